The Labute approximate surface area is 85.2 Å². The number of nitrogens with two attached hydrogens (primary N) is 1. The summed E-state index contributed by atoms with van der Waals surface area (Å²) in [5.74, 6) is 1.07. The quantitative estimate of drug-likeness (QED) is 0.868. The monoisotopic (exact) mass is 246 g/mol. The molecule has 0 fully saturated rings. The average Bonchev–Trinajstić information content (AvgIpc) is 2.15. The molecule has 0 amide bonds. The zero-order valence-corrected chi connectivity index (χ0v) is 8.87. The molecular weight excluding hydrogens is 236 g/mol. The Hall–Kier alpha value is -0.810. The first kappa shape index (κ1) is 10.3. The maximum Gasteiger partial charge on any atom is 0.256 e. The van der Waals surface area contributed by atoms with Crippen LogP contribution >= 0.6 is 15.9 Å². The van der Waals surface area contributed by atoms with Crippen molar-refractivity contribution in [3.05, 3.63) is 16.7 Å². The zero-order valence-electron chi connectivity index (χ0n) is 7.29. The number of hydrogen-bond donors (Lipinski definition) is 1. The highest BCUT2D eigenvalue weighted by molar-refractivity contribution is 9.10. The molecule has 0 atom stereocenters. The minimum Gasteiger partial charge on any atom is -0.487 e. The number of ether oxygens (including phenoxy) is 2. The lowest BCUT2D eigenvalue weighted by Crippen LogP contribution is -2.11. The molecule has 0 aliphatic carbocycles. The van der Waals surface area contributed by atoms with Crippen LogP contribution in [0.4, 0.5) is 0 Å². The summed E-state index contributed by atoms with van der Waals surface area (Å²) < 4.78 is 11.2. The lowest BCUT2D eigenvalue weighted by atomic mass is 10.4. The lowest BCUT2D eigenvalue weighted by Gasteiger charge is -2.08. The number of pyridine rings is 1. The van der Waals surface area contributed by atoms with Crippen molar-refractivity contribution in [1.29, 1.82) is 0 Å². The standard InChI is InChI=1S/C8H11BrN2O2/c1-12-8-7(13-3-2-10)4-6(9)5-11-8/h4-5H,2-3,10H2,1H3. The van der Waals surface area contributed by atoms with Crippen molar-refractivity contribution in [2.45, 2.75) is 0 Å². The van der Waals surface area contributed by atoms with Gasteiger partial charge in [-0.3, -0.25) is 0 Å². The zero-order chi connectivity index (χ0) is 9.68. The number of hydrogen-bond acceptors (Lipinski definition) is 4. The van der Waals surface area contributed by atoms with E-state index in [1.54, 1.807) is 19.4 Å². The van der Waals surface area contributed by atoms with Gasteiger partial charge in [-0.05, 0) is 15.9 Å². The molecule has 0 radical (unpaired) electrons. The first-order valence-electron chi connectivity index (χ1n) is 3.80. The highest BCUT2D eigenvalue weighted by Gasteiger charge is 2.05. The molecule has 1 rings (SSSR count). The van der Waals surface area contributed by atoms with Crippen LogP contribution in [0.3, 0.4) is 0 Å². The Kier molecular flexibility index (Phi) is 3.98. The molecule has 0 aliphatic heterocycles. The molecule has 0 saturated heterocycles. The topological polar surface area (TPSA) is 57.4 Å². The Morgan fingerprint density at radius 3 is 3.00 bits per heavy atom. The second kappa shape index (κ2) is 5.04. The predicted octanol–water partition coefficient (Wildman–Crippen LogP) is 1.19. The maximum atomic E-state index is 5.32. The summed E-state index contributed by atoms with van der Waals surface area (Å²) in [7, 11) is 1.55. The minimum absolute atomic E-state index is 0.453. The first-order valence-corrected chi connectivity index (χ1v) is 4.59. The van der Waals surface area contributed by atoms with Gasteiger partial charge in [0.05, 0.1) is 7.11 Å². The Bertz CT molecular complexity index is 281. The number of nitrogens with zero attached hydrogens (tertiary/aromatic N) is 1. The van der Waals surface area contributed by atoms with E-state index >= 15 is 0 Å². The van der Waals surface area contributed by atoms with E-state index in [0.29, 0.717) is 24.8 Å². The number of aromatic nitrogens is 1. The van der Waals surface area contributed by atoms with E-state index in [0.717, 1.165) is 4.47 Å². The van der Waals surface area contributed by atoms with Crippen LogP contribution < -0.4 is 15.2 Å². The molecule has 1 aromatic rings. The highest BCUT2D eigenvalue weighted by atomic mass is 79.9. The molecule has 2 N–H and O–H groups in total. The summed E-state index contributed by atoms with van der Waals surface area (Å²) in [5, 5.41) is 0. The van der Waals surface area contributed by atoms with Crippen LogP contribution in [0, 0.1) is 0 Å². The normalized spacial score (nSPS) is 9.77. The number of methoxy groups -OCH3 is 1. The second-order valence-electron chi connectivity index (χ2n) is 2.30. The van der Waals surface area contributed by atoms with E-state index in [-0.39, 0.29) is 0 Å². The fraction of sp³-hybridized carbons (Fsp3) is 0.375. The third-order valence-corrected chi connectivity index (χ3v) is 1.79. The summed E-state index contributed by atoms with van der Waals surface area (Å²) in [6.45, 7) is 0.921. The van der Waals surface area contributed by atoms with Gasteiger partial charge in [0.25, 0.3) is 5.88 Å². The smallest absolute Gasteiger partial charge is 0.256 e. The summed E-state index contributed by atoms with van der Waals surface area (Å²) in [5.41, 5.74) is 5.31. The van der Waals surface area contributed by atoms with Gasteiger partial charge in [-0.15, -0.1) is 0 Å². The van der Waals surface area contributed by atoms with Crippen LogP contribution in [0.5, 0.6) is 11.6 Å². The van der Waals surface area contributed by atoms with Crippen LogP contribution in [0.25, 0.3) is 0 Å². The molecule has 0 saturated carbocycles. The van der Waals surface area contributed by atoms with Crippen LogP contribution in [0.1, 0.15) is 0 Å². The van der Waals surface area contributed by atoms with E-state index < -0.39 is 0 Å². The Morgan fingerprint density at radius 1 is 1.62 bits per heavy atom. The van der Waals surface area contributed by atoms with Gasteiger partial charge in [0.2, 0.25) is 0 Å². The first-order chi connectivity index (χ1) is 6.27. The SMILES string of the molecule is COc1ncc(Br)cc1OCCN. The summed E-state index contributed by atoms with van der Waals surface area (Å²) in [6.07, 6.45) is 1.65. The number of halogens is 1. The van der Waals surface area contributed by atoms with Crippen molar-refractivity contribution >= 4 is 15.9 Å². The summed E-state index contributed by atoms with van der Waals surface area (Å²) >= 11 is 3.29. The fourth-order valence-corrected chi connectivity index (χ4v) is 1.14. The fourth-order valence-electron chi connectivity index (χ4n) is 0.834. The largest absolute Gasteiger partial charge is 0.487 e. The van der Waals surface area contributed by atoms with E-state index in [2.05, 4.69) is 20.9 Å². The molecule has 0 spiro atoms. The average molecular weight is 247 g/mol. The lowest BCUT2D eigenvalue weighted by molar-refractivity contribution is 0.296. The van der Waals surface area contributed by atoms with Crippen molar-refractivity contribution in [3.63, 3.8) is 0 Å². The van der Waals surface area contributed by atoms with Crippen molar-refractivity contribution in [2.24, 2.45) is 5.73 Å². The molecule has 0 aliphatic rings. The van der Waals surface area contributed by atoms with Crippen molar-refractivity contribution in [2.75, 3.05) is 20.3 Å². The van der Waals surface area contributed by atoms with Gasteiger partial charge in [-0.2, -0.15) is 0 Å². The van der Waals surface area contributed by atoms with Crippen LogP contribution in [-0.4, -0.2) is 25.2 Å². The van der Waals surface area contributed by atoms with Crippen molar-refractivity contribution in [1.82, 2.24) is 4.98 Å². The van der Waals surface area contributed by atoms with E-state index in [1.807, 2.05) is 0 Å². The van der Waals surface area contributed by atoms with Crippen molar-refractivity contribution < 1.29 is 9.47 Å². The van der Waals surface area contributed by atoms with Crippen LogP contribution in [-0.2, 0) is 0 Å². The molecule has 4 nitrogen and oxygen atoms in total. The molecule has 1 heterocycles. The second-order valence-corrected chi connectivity index (χ2v) is 3.21. The molecule has 1 aromatic heterocycles. The molecular formula is C8H11BrN2O2. The molecule has 72 valence electrons. The van der Waals surface area contributed by atoms with E-state index in [9.17, 15) is 0 Å². The summed E-state index contributed by atoms with van der Waals surface area (Å²) in [4.78, 5) is 4.01. The maximum absolute atomic E-state index is 5.32. The minimum atomic E-state index is 0.453. The molecule has 0 bridgehead atoms. The number of rotatable bonds is 4. The van der Waals surface area contributed by atoms with Gasteiger partial charge in [0.15, 0.2) is 5.75 Å². The van der Waals surface area contributed by atoms with Crippen LogP contribution in [0.15, 0.2) is 16.7 Å². The molecule has 5 heteroatoms. The van der Waals surface area contributed by atoms with Gasteiger partial charge >= 0.3 is 0 Å². The highest BCUT2D eigenvalue weighted by Crippen LogP contribution is 2.26. The summed E-state index contributed by atoms with van der Waals surface area (Å²) in [6, 6.07) is 1.79. The Balaban J connectivity index is 2.81. The van der Waals surface area contributed by atoms with Crippen LogP contribution in [0.2, 0.25) is 0 Å². The van der Waals surface area contributed by atoms with Gasteiger partial charge in [-0.1, -0.05) is 0 Å². The Morgan fingerprint density at radius 2 is 2.38 bits per heavy atom. The predicted molar refractivity (Wildman–Crippen MR) is 53.0 cm³/mol. The molecule has 13 heavy (non-hydrogen) atoms. The van der Waals surface area contributed by atoms with Gasteiger partial charge in [0.1, 0.15) is 6.61 Å². The van der Waals surface area contributed by atoms with Gasteiger partial charge in [0, 0.05) is 23.3 Å². The molecule has 0 aromatic carbocycles. The van der Waals surface area contributed by atoms with Crippen molar-refractivity contribution in [3.8, 4) is 11.6 Å². The third kappa shape index (κ3) is 2.86. The van der Waals surface area contributed by atoms with E-state index in [4.69, 9.17) is 15.2 Å². The van der Waals surface area contributed by atoms with Gasteiger partial charge < -0.3 is 15.2 Å². The third-order valence-electron chi connectivity index (χ3n) is 1.35. The van der Waals surface area contributed by atoms with E-state index in [1.165, 1.54) is 0 Å². The van der Waals surface area contributed by atoms with Gasteiger partial charge in [-0.25, -0.2) is 4.98 Å². The molecule has 0 unspecified atom stereocenters.